The summed E-state index contributed by atoms with van der Waals surface area (Å²) in [7, 11) is 0. The van der Waals surface area contributed by atoms with Crippen LogP contribution in [0.25, 0.3) is 0 Å². The van der Waals surface area contributed by atoms with Crippen molar-refractivity contribution >= 4 is 22.9 Å². The molecule has 3 rings (SSSR count). The molecule has 21 heavy (non-hydrogen) atoms. The van der Waals surface area contributed by atoms with E-state index in [2.05, 4.69) is 10.3 Å². The quantitative estimate of drug-likeness (QED) is 0.656. The summed E-state index contributed by atoms with van der Waals surface area (Å²) in [5.41, 5.74) is 6.50. The molecular weight excluding hydrogens is 276 g/mol. The van der Waals surface area contributed by atoms with Crippen LogP contribution in [-0.4, -0.2) is 23.1 Å². The van der Waals surface area contributed by atoms with E-state index in [0.29, 0.717) is 36.2 Å². The molecule has 1 aromatic carbocycles. The van der Waals surface area contributed by atoms with Crippen LogP contribution in [0.3, 0.4) is 0 Å². The molecule has 108 valence electrons. The Morgan fingerprint density at radius 1 is 1.24 bits per heavy atom. The lowest BCUT2D eigenvalue weighted by Gasteiger charge is -2.19. The molecule has 0 unspecified atom stereocenters. The molecule has 8 heteroatoms. The predicted octanol–water partition coefficient (Wildman–Crippen LogP) is 2.09. The second kappa shape index (κ2) is 5.16. The number of rotatable bonds is 3. The minimum atomic E-state index is -0.544. The minimum Gasteiger partial charge on any atom is -0.486 e. The third-order valence-electron chi connectivity index (χ3n) is 2.92. The molecule has 8 nitrogen and oxygen atoms in total. The number of pyridine rings is 1. The van der Waals surface area contributed by atoms with Gasteiger partial charge in [-0.2, -0.15) is 0 Å². The number of aromatic nitrogens is 1. The highest BCUT2D eigenvalue weighted by Gasteiger charge is 2.14. The van der Waals surface area contributed by atoms with Gasteiger partial charge in [0.2, 0.25) is 0 Å². The molecule has 0 atom stereocenters. The molecule has 1 aromatic heterocycles. The van der Waals surface area contributed by atoms with Gasteiger partial charge in [-0.15, -0.1) is 0 Å². The fourth-order valence-corrected chi connectivity index (χ4v) is 1.93. The summed E-state index contributed by atoms with van der Waals surface area (Å²) >= 11 is 0. The lowest BCUT2D eigenvalue weighted by Crippen LogP contribution is -2.15. The van der Waals surface area contributed by atoms with E-state index in [1.807, 2.05) is 0 Å². The number of fused-ring (bicyclic) bond motifs is 1. The van der Waals surface area contributed by atoms with Crippen molar-refractivity contribution < 1.29 is 14.4 Å². The Labute approximate surface area is 119 Å². The summed E-state index contributed by atoms with van der Waals surface area (Å²) < 4.78 is 10.9. The second-order valence-corrected chi connectivity index (χ2v) is 4.37. The third-order valence-corrected chi connectivity index (χ3v) is 2.92. The molecule has 0 aliphatic carbocycles. The van der Waals surface area contributed by atoms with E-state index in [1.165, 1.54) is 6.07 Å². The fraction of sp³-hybridized carbons (Fsp3) is 0.154. The number of nitrogens with one attached hydrogen (secondary N) is 1. The minimum absolute atomic E-state index is 0.153. The highest BCUT2D eigenvalue weighted by Crippen LogP contribution is 2.34. The predicted molar refractivity (Wildman–Crippen MR) is 76.0 cm³/mol. The fourth-order valence-electron chi connectivity index (χ4n) is 1.93. The van der Waals surface area contributed by atoms with Gasteiger partial charge in [-0.1, -0.05) is 0 Å². The zero-order valence-electron chi connectivity index (χ0n) is 10.9. The molecule has 0 spiro atoms. The Hall–Kier alpha value is -3.03. The molecule has 0 radical (unpaired) electrons. The summed E-state index contributed by atoms with van der Waals surface area (Å²) in [6.45, 7) is 1.02. The van der Waals surface area contributed by atoms with E-state index in [4.69, 9.17) is 15.2 Å². The molecule has 0 amide bonds. The van der Waals surface area contributed by atoms with Gasteiger partial charge in [0.1, 0.15) is 19.4 Å². The average Bonchev–Trinajstić information content (AvgIpc) is 2.49. The van der Waals surface area contributed by atoms with E-state index in [-0.39, 0.29) is 11.4 Å². The number of benzene rings is 1. The van der Waals surface area contributed by atoms with Crippen molar-refractivity contribution in [2.24, 2.45) is 0 Å². The zero-order chi connectivity index (χ0) is 14.8. The molecular formula is C13H12N4O4. The molecule has 0 fully saturated rings. The van der Waals surface area contributed by atoms with Crippen molar-refractivity contribution in [1.29, 1.82) is 0 Å². The number of nitrogens with zero attached hydrogens (tertiary/aromatic N) is 2. The summed E-state index contributed by atoms with van der Waals surface area (Å²) in [6.07, 6.45) is 1.15. The SMILES string of the molecule is Nc1cc([N+](=O)[O-])cnc1Nc1ccc2c(c1)OCCO2. The normalized spacial score (nSPS) is 12.8. The monoisotopic (exact) mass is 288 g/mol. The van der Waals surface area contributed by atoms with Crippen molar-refractivity contribution in [2.75, 3.05) is 24.3 Å². The first-order valence-electron chi connectivity index (χ1n) is 6.20. The average molecular weight is 288 g/mol. The summed E-state index contributed by atoms with van der Waals surface area (Å²) in [5, 5.41) is 13.6. The van der Waals surface area contributed by atoms with Crippen LogP contribution in [0.4, 0.5) is 22.9 Å². The number of hydrogen-bond acceptors (Lipinski definition) is 7. The Morgan fingerprint density at radius 3 is 2.71 bits per heavy atom. The smallest absolute Gasteiger partial charge is 0.289 e. The van der Waals surface area contributed by atoms with Crippen molar-refractivity contribution in [2.45, 2.75) is 0 Å². The van der Waals surface area contributed by atoms with Gasteiger partial charge in [0.05, 0.1) is 10.6 Å². The van der Waals surface area contributed by atoms with Crippen molar-refractivity contribution in [1.82, 2.24) is 4.98 Å². The number of nitrogen functional groups attached to an aromatic ring is 1. The largest absolute Gasteiger partial charge is 0.486 e. The van der Waals surface area contributed by atoms with E-state index < -0.39 is 4.92 Å². The lowest BCUT2D eigenvalue weighted by atomic mass is 10.2. The molecule has 2 heterocycles. The molecule has 0 bridgehead atoms. The van der Waals surface area contributed by atoms with Crippen molar-refractivity contribution in [3.05, 3.63) is 40.6 Å². The zero-order valence-corrected chi connectivity index (χ0v) is 10.9. The molecule has 2 aromatic rings. The first kappa shape index (κ1) is 13.0. The van der Waals surface area contributed by atoms with Crippen LogP contribution in [0.2, 0.25) is 0 Å². The molecule has 1 aliphatic rings. The molecule has 0 saturated heterocycles. The number of ether oxygens (including phenoxy) is 2. The van der Waals surface area contributed by atoms with Gasteiger partial charge >= 0.3 is 0 Å². The van der Waals surface area contributed by atoms with Crippen LogP contribution < -0.4 is 20.5 Å². The van der Waals surface area contributed by atoms with Crippen LogP contribution in [-0.2, 0) is 0 Å². The highest BCUT2D eigenvalue weighted by atomic mass is 16.6. The van der Waals surface area contributed by atoms with Gasteiger partial charge in [-0.05, 0) is 12.1 Å². The van der Waals surface area contributed by atoms with Crippen molar-refractivity contribution in [3.8, 4) is 11.5 Å². The topological polar surface area (TPSA) is 113 Å². The van der Waals surface area contributed by atoms with Gasteiger partial charge in [0, 0.05) is 17.8 Å². The summed E-state index contributed by atoms with van der Waals surface area (Å²) in [4.78, 5) is 14.1. The maximum absolute atomic E-state index is 10.6. The standard InChI is InChI=1S/C13H12N4O4/c14-10-6-9(17(18)19)7-15-13(10)16-8-1-2-11-12(5-8)21-4-3-20-11/h1-2,5-7H,3-4,14H2,(H,15,16). The summed E-state index contributed by atoms with van der Waals surface area (Å²) in [5.74, 6) is 1.65. The van der Waals surface area contributed by atoms with Gasteiger partial charge < -0.3 is 20.5 Å². The van der Waals surface area contributed by atoms with Crippen LogP contribution in [0.1, 0.15) is 0 Å². The Morgan fingerprint density at radius 2 is 2.00 bits per heavy atom. The number of nitrogens with two attached hydrogens (primary N) is 1. The van der Waals surface area contributed by atoms with Gasteiger partial charge in [0.25, 0.3) is 5.69 Å². The van der Waals surface area contributed by atoms with E-state index in [1.54, 1.807) is 18.2 Å². The van der Waals surface area contributed by atoms with Crippen LogP contribution >= 0.6 is 0 Å². The number of anilines is 3. The van der Waals surface area contributed by atoms with E-state index >= 15 is 0 Å². The Kier molecular flexibility index (Phi) is 3.19. The van der Waals surface area contributed by atoms with Gasteiger partial charge in [-0.3, -0.25) is 10.1 Å². The number of hydrogen-bond donors (Lipinski definition) is 2. The van der Waals surface area contributed by atoms with Crippen LogP contribution in [0.5, 0.6) is 11.5 Å². The van der Waals surface area contributed by atoms with Crippen LogP contribution in [0, 0.1) is 10.1 Å². The highest BCUT2D eigenvalue weighted by molar-refractivity contribution is 5.71. The van der Waals surface area contributed by atoms with Gasteiger partial charge in [0.15, 0.2) is 17.3 Å². The summed E-state index contributed by atoms with van der Waals surface area (Å²) in [6, 6.07) is 6.58. The maximum Gasteiger partial charge on any atom is 0.289 e. The Balaban J connectivity index is 1.85. The lowest BCUT2D eigenvalue weighted by molar-refractivity contribution is -0.385. The third kappa shape index (κ3) is 2.64. The maximum atomic E-state index is 10.6. The molecule has 3 N–H and O–H groups in total. The van der Waals surface area contributed by atoms with Gasteiger partial charge in [-0.25, -0.2) is 4.98 Å². The van der Waals surface area contributed by atoms with Crippen molar-refractivity contribution in [3.63, 3.8) is 0 Å². The van der Waals surface area contributed by atoms with E-state index in [9.17, 15) is 10.1 Å². The van der Waals surface area contributed by atoms with Crippen LogP contribution in [0.15, 0.2) is 30.5 Å². The first-order valence-corrected chi connectivity index (χ1v) is 6.20. The number of nitro groups is 1. The first-order chi connectivity index (χ1) is 10.1. The van der Waals surface area contributed by atoms with E-state index in [0.717, 1.165) is 6.20 Å². The Bertz CT molecular complexity index is 705. The molecule has 1 aliphatic heterocycles. The molecule has 0 saturated carbocycles. The second-order valence-electron chi connectivity index (χ2n) is 4.37.